The van der Waals surface area contributed by atoms with Crippen LogP contribution in [-0.4, -0.2) is 29.8 Å². The maximum Gasteiger partial charge on any atom is 0.282 e. The van der Waals surface area contributed by atoms with Crippen LogP contribution >= 0.6 is 15.9 Å². The van der Waals surface area contributed by atoms with Crippen molar-refractivity contribution in [1.82, 2.24) is 4.90 Å². The van der Waals surface area contributed by atoms with E-state index >= 15 is 0 Å². The molecular weight excluding hydrogens is 404 g/mol. The lowest BCUT2D eigenvalue weighted by atomic mass is 9.97. The van der Waals surface area contributed by atoms with E-state index in [2.05, 4.69) is 27.8 Å². The number of anilines is 1. The summed E-state index contributed by atoms with van der Waals surface area (Å²) in [5.74, 6) is 0.176. The first-order chi connectivity index (χ1) is 13.1. The van der Waals surface area contributed by atoms with Gasteiger partial charge in [0, 0.05) is 17.6 Å². The van der Waals surface area contributed by atoms with Crippen LogP contribution in [0.1, 0.15) is 25.3 Å². The summed E-state index contributed by atoms with van der Waals surface area (Å²) in [5, 5.41) is 0. The van der Waals surface area contributed by atoms with Crippen LogP contribution in [0.25, 0.3) is 5.57 Å². The Kier molecular flexibility index (Phi) is 4.87. The molecule has 27 heavy (non-hydrogen) atoms. The summed E-state index contributed by atoms with van der Waals surface area (Å²) in [6.07, 6.45) is 2.07. The van der Waals surface area contributed by atoms with Gasteiger partial charge in [-0.05, 0) is 48.6 Å². The maximum atomic E-state index is 13.4. The Hall–Kier alpha value is -2.40. The van der Waals surface area contributed by atoms with Crippen molar-refractivity contribution in [3.05, 3.63) is 70.3 Å². The monoisotopic (exact) mass is 424 g/mol. The van der Waals surface area contributed by atoms with E-state index in [1.165, 1.54) is 4.90 Å². The van der Waals surface area contributed by atoms with E-state index in [9.17, 15) is 9.59 Å². The summed E-state index contributed by atoms with van der Waals surface area (Å²) < 4.78 is 0.909. The van der Waals surface area contributed by atoms with E-state index in [1.807, 2.05) is 42.5 Å². The van der Waals surface area contributed by atoms with Crippen LogP contribution in [0.2, 0.25) is 0 Å². The molecule has 0 radical (unpaired) electrons. The van der Waals surface area contributed by atoms with Gasteiger partial charge in [0.25, 0.3) is 11.8 Å². The van der Waals surface area contributed by atoms with Crippen LogP contribution in [0.15, 0.2) is 64.8 Å². The molecule has 1 fully saturated rings. The molecule has 2 aromatic rings. The van der Waals surface area contributed by atoms with E-state index in [-0.39, 0.29) is 11.8 Å². The minimum atomic E-state index is -0.248. The van der Waals surface area contributed by atoms with Crippen LogP contribution in [-0.2, 0) is 9.59 Å². The van der Waals surface area contributed by atoms with Crippen molar-refractivity contribution in [2.24, 2.45) is 5.92 Å². The Balaban J connectivity index is 1.79. The lowest BCUT2D eigenvalue weighted by molar-refractivity contribution is -0.120. The molecule has 2 amide bonds. The van der Waals surface area contributed by atoms with Gasteiger partial charge in [0.2, 0.25) is 0 Å². The summed E-state index contributed by atoms with van der Waals surface area (Å²) in [6, 6.07) is 16.8. The number of rotatable bonds is 3. The predicted molar refractivity (Wildman–Crippen MR) is 110 cm³/mol. The van der Waals surface area contributed by atoms with Crippen LogP contribution in [0.4, 0.5) is 5.69 Å². The van der Waals surface area contributed by atoms with Crippen molar-refractivity contribution < 1.29 is 9.59 Å². The minimum absolute atomic E-state index is 0.226. The second-order valence-corrected chi connectivity index (χ2v) is 8.10. The number of amides is 2. The summed E-state index contributed by atoms with van der Waals surface area (Å²) in [4.78, 5) is 30.1. The van der Waals surface area contributed by atoms with Gasteiger partial charge < -0.3 is 4.90 Å². The van der Waals surface area contributed by atoms with Crippen LogP contribution in [0, 0.1) is 5.92 Å². The molecule has 0 saturated carbocycles. The molecule has 4 rings (SSSR count). The predicted octanol–water partition coefficient (Wildman–Crippen LogP) is 4.47. The summed E-state index contributed by atoms with van der Waals surface area (Å²) >= 11 is 3.41. The lowest BCUT2D eigenvalue weighted by Crippen LogP contribution is -2.38. The smallest absolute Gasteiger partial charge is 0.282 e. The molecule has 0 spiro atoms. The number of carbonyl (C=O) groups is 2. The molecule has 138 valence electrons. The first-order valence-electron chi connectivity index (χ1n) is 9.25. The second-order valence-electron chi connectivity index (χ2n) is 7.18. The molecule has 4 nitrogen and oxygen atoms in total. The van der Waals surface area contributed by atoms with Gasteiger partial charge >= 0.3 is 0 Å². The molecule has 2 aliphatic rings. The Morgan fingerprint density at radius 3 is 2.15 bits per heavy atom. The molecule has 0 aromatic heterocycles. The van der Waals surface area contributed by atoms with Gasteiger partial charge in [0.15, 0.2) is 0 Å². The highest BCUT2D eigenvalue weighted by atomic mass is 79.9. The zero-order valence-electron chi connectivity index (χ0n) is 15.2. The molecular formula is C22H21BrN2O2. The van der Waals surface area contributed by atoms with Crippen LogP contribution in [0.3, 0.4) is 0 Å². The van der Waals surface area contributed by atoms with E-state index < -0.39 is 0 Å². The molecule has 2 heterocycles. The molecule has 0 bridgehead atoms. The molecule has 0 atom stereocenters. The summed E-state index contributed by atoms with van der Waals surface area (Å²) in [7, 11) is 0. The Morgan fingerprint density at radius 1 is 0.889 bits per heavy atom. The topological polar surface area (TPSA) is 40.6 Å². The molecule has 5 heteroatoms. The van der Waals surface area contributed by atoms with Gasteiger partial charge in [0.05, 0.1) is 11.3 Å². The van der Waals surface area contributed by atoms with E-state index in [1.54, 1.807) is 12.1 Å². The average molecular weight is 425 g/mol. The fraction of sp³-hybridized carbons (Fsp3) is 0.273. The standard InChI is InChI=1S/C22H21BrN2O2/c1-15-11-13-24(14-12-15)20-19(16-5-3-2-4-6-16)21(26)25(22(20)27)18-9-7-17(23)8-10-18/h2-10,15H,11-14H2,1H3. The number of halogens is 1. The third-order valence-electron chi connectivity index (χ3n) is 5.31. The maximum absolute atomic E-state index is 13.4. The Morgan fingerprint density at radius 2 is 1.52 bits per heavy atom. The van der Waals surface area contributed by atoms with Gasteiger partial charge in [0.1, 0.15) is 5.70 Å². The fourth-order valence-corrected chi connectivity index (χ4v) is 4.00. The number of imide groups is 1. The van der Waals surface area contributed by atoms with Crippen molar-refractivity contribution in [1.29, 1.82) is 0 Å². The molecule has 0 unspecified atom stereocenters. The van der Waals surface area contributed by atoms with Gasteiger partial charge in [-0.15, -0.1) is 0 Å². The van der Waals surface area contributed by atoms with Gasteiger partial charge in [-0.3, -0.25) is 9.59 Å². The second kappa shape index (κ2) is 7.31. The zero-order valence-corrected chi connectivity index (χ0v) is 16.8. The Bertz CT molecular complexity index is 898. The minimum Gasteiger partial charge on any atom is -0.366 e. The first-order valence-corrected chi connectivity index (χ1v) is 10.0. The summed E-state index contributed by atoms with van der Waals surface area (Å²) in [6.45, 7) is 3.85. The van der Waals surface area contributed by atoms with Crippen LogP contribution < -0.4 is 4.90 Å². The molecule has 2 aromatic carbocycles. The number of carbonyl (C=O) groups excluding carboxylic acids is 2. The molecule has 2 aliphatic heterocycles. The third kappa shape index (κ3) is 3.32. The molecule has 0 aliphatic carbocycles. The Labute approximate surface area is 167 Å². The van der Waals surface area contributed by atoms with Crippen molar-refractivity contribution in [3.63, 3.8) is 0 Å². The normalized spacial score (nSPS) is 18.6. The number of hydrogen-bond donors (Lipinski definition) is 0. The number of benzene rings is 2. The van der Waals surface area contributed by atoms with Gasteiger partial charge in [-0.2, -0.15) is 0 Å². The largest absolute Gasteiger partial charge is 0.366 e. The number of hydrogen-bond acceptors (Lipinski definition) is 3. The van der Waals surface area contributed by atoms with E-state index in [0.29, 0.717) is 22.9 Å². The van der Waals surface area contributed by atoms with Crippen molar-refractivity contribution in [2.75, 3.05) is 18.0 Å². The summed E-state index contributed by atoms with van der Waals surface area (Å²) in [5.41, 5.74) is 2.45. The van der Waals surface area contributed by atoms with Crippen molar-refractivity contribution in [3.8, 4) is 0 Å². The quantitative estimate of drug-likeness (QED) is 0.682. The number of nitrogens with zero attached hydrogens (tertiary/aromatic N) is 2. The SMILES string of the molecule is CC1CCN(C2=C(c3ccccc3)C(=O)N(c3ccc(Br)cc3)C2=O)CC1. The van der Waals surface area contributed by atoms with E-state index in [0.717, 1.165) is 36.0 Å². The van der Waals surface area contributed by atoms with Gasteiger partial charge in [-0.25, -0.2) is 4.90 Å². The van der Waals surface area contributed by atoms with Crippen LogP contribution in [0.5, 0.6) is 0 Å². The number of likely N-dealkylation sites (tertiary alicyclic amines) is 1. The highest BCUT2D eigenvalue weighted by Crippen LogP contribution is 2.36. The average Bonchev–Trinajstić information content (AvgIpc) is 2.94. The van der Waals surface area contributed by atoms with Crippen molar-refractivity contribution >= 4 is 39.0 Å². The highest BCUT2D eigenvalue weighted by molar-refractivity contribution is 9.10. The lowest BCUT2D eigenvalue weighted by Gasteiger charge is -2.32. The zero-order chi connectivity index (χ0) is 19.0. The van der Waals surface area contributed by atoms with Gasteiger partial charge in [-0.1, -0.05) is 53.2 Å². The number of piperidine rings is 1. The molecule has 1 saturated heterocycles. The van der Waals surface area contributed by atoms with E-state index in [4.69, 9.17) is 0 Å². The fourth-order valence-electron chi connectivity index (χ4n) is 3.73. The third-order valence-corrected chi connectivity index (χ3v) is 5.84. The first kappa shape index (κ1) is 18.0. The highest BCUT2D eigenvalue weighted by Gasteiger charge is 2.42. The molecule has 0 N–H and O–H groups in total. The van der Waals surface area contributed by atoms with Crippen molar-refractivity contribution in [2.45, 2.75) is 19.8 Å².